The van der Waals surface area contributed by atoms with Crippen LogP contribution in [0.3, 0.4) is 0 Å². The predicted molar refractivity (Wildman–Crippen MR) is 91.1 cm³/mol. The first-order chi connectivity index (χ1) is 11.3. The van der Waals surface area contributed by atoms with Crippen molar-refractivity contribution in [2.75, 3.05) is 52.5 Å². The Kier molecular flexibility index (Phi) is 5.80. The number of hydrogen-bond donors (Lipinski definition) is 1. The molecule has 1 atom stereocenters. The van der Waals surface area contributed by atoms with Gasteiger partial charge in [0.15, 0.2) is 0 Å². The molecule has 0 aromatic heterocycles. The van der Waals surface area contributed by atoms with E-state index in [1.54, 1.807) is 0 Å². The minimum absolute atomic E-state index is 0.185. The molecule has 1 aromatic rings. The molecule has 5 nitrogen and oxygen atoms in total. The number of amides is 1. The van der Waals surface area contributed by atoms with Crippen molar-refractivity contribution < 1.29 is 9.53 Å². The Morgan fingerprint density at radius 1 is 1.09 bits per heavy atom. The summed E-state index contributed by atoms with van der Waals surface area (Å²) in [5.74, 6) is 0.197. The zero-order chi connectivity index (χ0) is 15.9. The summed E-state index contributed by atoms with van der Waals surface area (Å²) in [7, 11) is 0. The molecule has 1 amide bonds. The molecule has 1 N–H and O–H groups in total. The lowest BCUT2D eigenvalue weighted by molar-refractivity contribution is -0.139. The Bertz CT molecular complexity index is 520. The van der Waals surface area contributed by atoms with Crippen LogP contribution in [0.4, 0.5) is 0 Å². The SMILES string of the molecule is O=C(C(/C=C/c1ccccc1)N1CCNCC1)N1CCOCC1. The van der Waals surface area contributed by atoms with Gasteiger partial charge in [-0.15, -0.1) is 0 Å². The number of benzene rings is 1. The average molecular weight is 315 g/mol. The van der Waals surface area contributed by atoms with Crippen LogP contribution in [0.15, 0.2) is 36.4 Å². The molecule has 2 heterocycles. The van der Waals surface area contributed by atoms with Gasteiger partial charge in [-0.05, 0) is 5.56 Å². The second kappa shape index (κ2) is 8.24. The maximum Gasteiger partial charge on any atom is 0.244 e. The van der Waals surface area contributed by atoms with Crippen molar-refractivity contribution in [3.63, 3.8) is 0 Å². The number of nitrogens with one attached hydrogen (secondary N) is 1. The van der Waals surface area contributed by atoms with Crippen LogP contribution >= 0.6 is 0 Å². The Morgan fingerprint density at radius 3 is 2.48 bits per heavy atom. The van der Waals surface area contributed by atoms with Gasteiger partial charge in [0.1, 0.15) is 6.04 Å². The van der Waals surface area contributed by atoms with Gasteiger partial charge in [0.05, 0.1) is 13.2 Å². The van der Waals surface area contributed by atoms with Gasteiger partial charge in [0.2, 0.25) is 5.91 Å². The third kappa shape index (κ3) is 4.41. The van der Waals surface area contributed by atoms with E-state index in [9.17, 15) is 4.79 Å². The van der Waals surface area contributed by atoms with Crippen molar-refractivity contribution >= 4 is 12.0 Å². The molecular weight excluding hydrogens is 290 g/mol. The van der Waals surface area contributed by atoms with Gasteiger partial charge in [0.25, 0.3) is 0 Å². The minimum Gasteiger partial charge on any atom is -0.378 e. The van der Waals surface area contributed by atoms with Gasteiger partial charge >= 0.3 is 0 Å². The van der Waals surface area contributed by atoms with E-state index in [0.29, 0.717) is 26.3 Å². The second-order valence-electron chi connectivity index (χ2n) is 5.94. The molecule has 2 aliphatic heterocycles. The number of carbonyl (C=O) groups excluding carboxylic acids is 1. The van der Waals surface area contributed by atoms with Crippen molar-refractivity contribution in [3.05, 3.63) is 42.0 Å². The normalized spacial score (nSPS) is 21.5. The Labute approximate surface area is 137 Å². The number of nitrogens with zero attached hydrogens (tertiary/aromatic N) is 2. The van der Waals surface area contributed by atoms with Gasteiger partial charge < -0.3 is 15.0 Å². The van der Waals surface area contributed by atoms with E-state index < -0.39 is 0 Å². The maximum absolute atomic E-state index is 13.0. The summed E-state index contributed by atoms with van der Waals surface area (Å²) in [4.78, 5) is 17.2. The van der Waals surface area contributed by atoms with E-state index in [2.05, 4.69) is 34.5 Å². The smallest absolute Gasteiger partial charge is 0.244 e. The lowest BCUT2D eigenvalue weighted by Crippen LogP contribution is -2.55. The van der Waals surface area contributed by atoms with E-state index in [0.717, 1.165) is 31.7 Å². The lowest BCUT2D eigenvalue weighted by Gasteiger charge is -2.36. The van der Waals surface area contributed by atoms with E-state index in [1.807, 2.05) is 23.1 Å². The topological polar surface area (TPSA) is 44.8 Å². The summed E-state index contributed by atoms with van der Waals surface area (Å²) in [5, 5.41) is 3.35. The first-order valence-electron chi connectivity index (χ1n) is 8.39. The van der Waals surface area contributed by atoms with Crippen molar-refractivity contribution in [1.82, 2.24) is 15.1 Å². The number of morpholine rings is 1. The summed E-state index contributed by atoms with van der Waals surface area (Å²) in [6.45, 7) is 6.35. The lowest BCUT2D eigenvalue weighted by atomic mass is 10.1. The van der Waals surface area contributed by atoms with E-state index >= 15 is 0 Å². The van der Waals surface area contributed by atoms with Crippen molar-refractivity contribution in [2.45, 2.75) is 6.04 Å². The average Bonchev–Trinajstić information content (AvgIpc) is 2.64. The zero-order valence-electron chi connectivity index (χ0n) is 13.5. The number of hydrogen-bond acceptors (Lipinski definition) is 4. The fraction of sp³-hybridized carbons (Fsp3) is 0.500. The van der Waals surface area contributed by atoms with E-state index in [1.165, 1.54) is 0 Å². The van der Waals surface area contributed by atoms with Gasteiger partial charge in [-0.25, -0.2) is 0 Å². The van der Waals surface area contributed by atoms with Crippen LogP contribution in [0.2, 0.25) is 0 Å². The summed E-state index contributed by atoms with van der Waals surface area (Å²) in [5.41, 5.74) is 1.13. The van der Waals surface area contributed by atoms with Gasteiger partial charge in [0, 0.05) is 39.3 Å². The molecule has 3 rings (SSSR count). The largest absolute Gasteiger partial charge is 0.378 e. The fourth-order valence-corrected chi connectivity index (χ4v) is 3.06. The molecule has 2 fully saturated rings. The van der Waals surface area contributed by atoms with Crippen molar-refractivity contribution in [3.8, 4) is 0 Å². The van der Waals surface area contributed by atoms with E-state index in [-0.39, 0.29) is 11.9 Å². The molecule has 2 saturated heterocycles. The Morgan fingerprint density at radius 2 is 1.78 bits per heavy atom. The molecule has 0 spiro atoms. The van der Waals surface area contributed by atoms with Crippen LogP contribution in [0, 0.1) is 0 Å². The molecule has 23 heavy (non-hydrogen) atoms. The molecule has 124 valence electrons. The highest BCUT2D eigenvalue weighted by Crippen LogP contribution is 2.12. The second-order valence-corrected chi connectivity index (χ2v) is 5.94. The van der Waals surface area contributed by atoms with E-state index in [4.69, 9.17) is 4.74 Å². The zero-order valence-corrected chi connectivity index (χ0v) is 13.5. The molecule has 1 unspecified atom stereocenters. The fourth-order valence-electron chi connectivity index (χ4n) is 3.06. The van der Waals surface area contributed by atoms with Crippen molar-refractivity contribution in [1.29, 1.82) is 0 Å². The van der Waals surface area contributed by atoms with Crippen molar-refractivity contribution in [2.24, 2.45) is 0 Å². The standard InChI is InChI=1S/C18H25N3O2/c22-18(21-12-14-23-15-13-21)17(20-10-8-19-9-11-20)7-6-16-4-2-1-3-5-16/h1-7,17,19H,8-15H2/b7-6+. The van der Waals surface area contributed by atoms with Gasteiger partial charge in [-0.3, -0.25) is 9.69 Å². The van der Waals surface area contributed by atoms with Crippen LogP contribution in [-0.4, -0.2) is 74.2 Å². The third-order valence-corrected chi connectivity index (χ3v) is 4.39. The predicted octanol–water partition coefficient (Wildman–Crippen LogP) is 0.832. The first kappa shape index (κ1) is 16.2. The quantitative estimate of drug-likeness (QED) is 0.894. The summed E-state index contributed by atoms with van der Waals surface area (Å²) >= 11 is 0. The first-order valence-corrected chi connectivity index (χ1v) is 8.39. The Hall–Kier alpha value is -1.69. The summed E-state index contributed by atoms with van der Waals surface area (Å²) in [6.07, 6.45) is 4.11. The van der Waals surface area contributed by atoms with Crippen LogP contribution < -0.4 is 5.32 Å². The highest BCUT2D eigenvalue weighted by atomic mass is 16.5. The highest BCUT2D eigenvalue weighted by molar-refractivity contribution is 5.85. The van der Waals surface area contributed by atoms with Gasteiger partial charge in [-0.1, -0.05) is 42.5 Å². The maximum atomic E-state index is 13.0. The van der Waals surface area contributed by atoms with Crippen LogP contribution in [-0.2, 0) is 9.53 Å². The molecule has 2 aliphatic rings. The third-order valence-electron chi connectivity index (χ3n) is 4.39. The number of ether oxygens (including phenoxy) is 1. The number of carbonyl (C=O) groups is 1. The highest BCUT2D eigenvalue weighted by Gasteiger charge is 2.29. The molecule has 0 saturated carbocycles. The van der Waals surface area contributed by atoms with Crippen LogP contribution in [0.1, 0.15) is 5.56 Å². The van der Waals surface area contributed by atoms with Gasteiger partial charge in [-0.2, -0.15) is 0 Å². The molecule has 0 aliphatic carbocycles. The number of rotatable bonds is 4. The number of piperazine rings is 1. The molecular formula is C18H25N3O2. The van der Waals surface area contributed by atoms with Crippen LogP contribution in [0.5, 0.6) is 0 Å². The molecule has 1 aromatic carbocycles. The summed E-state index contributed by atoms with van der Waals surface area (Å²) < 4.78 is 5.37. The molecule has 0 bridgehead atoms. The Balaban J connectivity index is 1.75. The van der Waals surface area contributed by atoms with Crippen LogP contribution in [0.25, 0.3) is 6.08 Å². The minimum atomic E-state index is -0.185. The molecule has 0 radical (unpaired) electrons. The molecule has 5 heteroatoms. The summed E-state index contributed by atoms with van der Waals surface area (Å²) in [6, 6.07) is 9.97. The monoisotopic (exact) mass is 315 g/mol.